The van der Waals surface area contributed by atoms with Crippen LogP contribution in [0.1, 0.15) is 86.7 Å². The molecule has 1 saturated heterocycles. The quantitative estimate of drug-likeness (QED) is 0.0371. The van der Waals surface area contributed by atoms with Gasteiger partial charge in [0, 0.05) is 24.1 Å². The van der Waals surface area contributed by atoms with Crippen molar-refractivity contribution in [2.75, 3.05) is 26.1 Å². The van der Waals surface area contributed by atoms with E-state index in [0.717, 1.165) is 5.56 Å². The molecule has 4 aromatic carbocycles. The number of fused-ring (bicyclic) bond motifs is 1. The summed E-state index contributed by atoms with van der Waals surface area (Å²) in [5.41, 5.74) is 0.319. The van der Waals surface area contributed by atoms with Crippen LogP contribution in [0.2, 0.25) is 0 Å². The summed E-state index contributed by atoms with van der Waals surface area (Å²) in [4.78, 5) is 66.0. The Bertz CT molecular complexity index is 2750. The molecule has 1 aliphatic heterocycles. The number of carbonyl (C=O) groups is 3. The Labute approximate surface area is 406 Å². The molecule has 1 fully saturated rings. The third kappa shape index (κ3) is 11.9. The maximum Gasteiger partial charge on any atom is 0.323 e. The summed E-state index contributed by atoms with van der Waals surface area (Å²) in [5.74, 6) is -0.878. The zero-order valence-electron chi connectivity index (χ0n) is 39.8. The van der Waals surface area contributed by atoms with E-state index in [0.29, 0.717) is 28.2 Å². The van der Waals surface area contributed by atoms with Gasteiger partial charge in [-0.05, 0) is 80.8 Å². The maximum atomic E-state index is 14.2. The molecule has 1 amide bonds. The molecule has 18 nitrogen and oxygen atoms in total. The molecular weight excluding hydrogens is 918 g/mol. The number of esters is 1. The molecule has 1 unspecified atom stereocenters. The van der Waals surface area contributed by atoms with Gasteiger partial charge in [-0.15, -0.1) is 0 Å². The number of benzene rings is 4. The second kappa shape index (κ2) is 23.5. The van der Waals surface area contributed by atoms with Gasteiger partial charge in [0.2, 0.25) is 5.95 Å². The molecule has 0 saturated carbocycles. The SMILES string of the molecule is COc1ccc(C(OCc2ccccc2)(c2ccc(OC)cc2)[C@@H]2O[C@H](n3cnc4c(=O)[nH]c(NC(=O)c5ccccc5)nc43)C[C@@H]2OC(=O)CCC(=O)OP(OCCC#N)N(C(C)C)C(C)C)cc1. The normalized spacial score (nSPS) is 16.3. The average Bonchev–Trinajstić information content (AvgIpc) is 3.99. The van der Waals surface area contributed by atoms with Crippen molar-refractivity contribution in [3.63, 3.8) is 0 Å². The first-order chi connectivity index (χ1) is 33.8. The minimum absolute atomic E-state index is 0.00890. The Hall–Kier alpha value is -7.00. The first-order valence-corrected chi connectivity index (χ1v) is 23.9. The van der Waals surface area contributed by atoms with Gasteiger partial charge in [0.15, 0.2) is 11.2 Å². The van der Waals surface area contributed by atoms with E-state index in [1.807, 2.05) is 93.0 Å². The molecule has 0 spiro atoms. The van der Waals surface area contributed by atoms with Gasteiger partial charge in [0.25, 0.3) is 11.5 Å². The number of carbonyl (C=O) groups excluding carboxylic acids is 3. The van der Waals surface area contributed by atoms with Crippen LogP contribution in [0.5, 0.6) is 11.5 Å². The highest BCUT2D eigenvalue weighted by atomic mass is 31.2. The van der Waals surface area contributed by atoms with Crippen LogP contribution in [0.25, 0.3) is 11.2 Å². The number of aromatic amines is 1. The predicted molar refractivity (Wildman–Crippen MR) is 259 cm³/mol. The maximum absolute atomic E-state index is 14.2. The Morgan fingerprint density at radius 2 is 1.49 bits per heavy atom. The summed E-state index contributed by atoms with van der Waals surface area (Å²) in [6, 6.07) is 34.5. The van der Waals surface area contributed by atoms with E-state index in [4.69, 9.17) is 38.0 Å². The molecule has 366 valence electrons. The summed E-state index contributed by atoms with van der Waals surface area (Å²) in [7, 11) is 1.22. The fraction of sp³-hybridized carbons (Fsp3) is 0.353. The Kier molecular flexibility index (Phi) is 17.1. The Morgan fingerprint density at radius 1 is 0.886 bits per heavy atom. The van der Waals surface area contributed by atoms with Crippen LogP contribution in [-0.4, -0.2) is 87.2 Å². The number of hydrogen-bond donors (Lipinski definition) is 2. The smallest absolute Gasteiger partial charge is 0.323 e. The van der Waals surface area contributed by atoms with Gasteiger partial charge < -0.3 is 32.7 Å². The third-order valence-electron chi connectivity index (χ3n) is 11.5. The molecule has 0 radical (unpaired) electrons. The highest BCUT2D eigenvalue weighted by Gasteiger charge is 2.55. The summed E-state index contributed by atoms with van der Waals surface area (Å²) >= 11 is 0. The van der Waals surface area contributed by atoms with Crippen LogP contribution in [0.3, 0.4) is 0 Å². The first kappa shape index (κ1) is 50.9. The number of ether oxygens (including phenoxy) is 5. The van der Waals surface area contributed by atoms with Crippen molar-refractivity contribution in [2.45, 2.75) is 96.1 Å². The number of nitrogens with one attached hydrogen (secondary N) is 2. The van der Waals surface area contributed by atoms with Crippen LogP contribution in [0.4, 0.5) is 5.95 Å². The van der Waals surface area contributed by atoms with Crippen LogP contribution in [-0.2, 0) is 45.1 Å². The van der Waals surface area contributed by atoms with Crippen LogP contribution in [0, 0.1) is 11.3 Å². The average molecular weight is 974 g/mol. The Balaban J connectivity index is 1.28. The number of amides is 1. The van der Waals surface area contributed by atoms with Crippen molar-refractivity contribution < 1.29 is 47.1 Å². The zero-order valence-corrected chi connectivity index (χ0v) is 40.7. The lowest BCUT2D eigenvalue weighted by Crippen LogP contribution is -2.49. The molecule has 4 atom stereocenters. The van der Waals surface area contributed by atoms with E-state index in [1.165, 1.54) is 6.33 Å². The number of aromatic nitrogens is 4. The molecule has 1 aliphatic rings. The number of nitriles is 1. The second-order valence-corrected chi connectivity index (χ2v) is 18.2. The number of hydrogen-bond acceptors (Lipinski definition) is 15. The lowest BCUT2D eigenvalue weighted by Gasteiger charge is -2.41. The van der Waals surface area contributed by atoms with Crippen molar-refractivity contribution in [3.05, 3.63) is 148 Å². The monoisotopic (exact) mass is 973 g/mol. The van der Waals surface area contributed by atoms with Gasteiger partial charge in [0.1, 0.15) is 35.5 Å². The molecule has 0 bridgehead atoms. The molecule has 3 heterocycles. The molecular formula is C51H56N7O11P. The van der Waals surface area contributed by atoms with Crippen molar-refractivity contribution in [2.24, 2.45) is 0 Å². The predicted octanol–water partition coefficient (Wildman–Crippen LogP) is 8.35. The van der Waals surface area contributed by atoms with Crippen LogP contribution >= 0.6 is 8.53 Å². The third-order valence-corrected chi connectivity index (χ3v) is 13.6. The van der Waals surface area contributed by atoms with Gasteiger partial charge in [-0.25, -0.2) is 9.65 Å². The topological polar surface area (TPSA) is 218 Å². The largest absolute Gasteiger partial charge is 0.497 e. The van der Waals surface area contributed by atoms with Crippen molar-refractivity contribution in [1.82, 2.24) is 24.2 Å². The Morgan fingerprint density at radius 3 is 2.07 bits per heavy atom. The van der Waals surface area contributed by atoms with E-state index in [9.17, 15) is 19.2 Å². The van der Waals surface area contributed by atoms with Crippen LogP contribution < -0.4 is 20.3 Å². The molecule has 0 aliphatic carbocycles. The fourth-order valence-corrected chi connectivity index (χ4v) is 9.83. The van der Waals surface area contributed by atoms with Gasteiger partial charge in [-0.1, -0.05) is 72.8 Å². The van der Waals surface area contributed by atoms with Gasteiger partial charge in [-0.2, -0.15) is 10.2 Å². The number of imidazole rings is 1. The number of rotatable bonds is 22. The lowest BCUT2D eigenvalue weighted by atomic mass is 9.79. The molecule has 7 rings (SSSR count). The summed E-state index contributed by atoms with van der Waals surface area (Å²) in [6.07, 6.45) is -2.42. The molecule has 2 aromatic heterocycles. The minimum atomic E-state index is -1.90. The van der Waals surface area contributed by atoms with E-state index in [2.05, 4.69) is 20.3 Å². The minimum Gasteiger partial charge on any atom is -0.497 e. The number of anilines is 1. The van der Waals surface area contributed by atoms with Gasteiger partial charge in [-0.3, -0.25) is 34.0 Å². The fourth-order valence-electron chi connectivity index (χ4n) is 8.29. The highest BCUT2D eigenvalue weighted by Crippen LogP contribution is 2.49. The van der Waals surface area contributed by atoms with Gasteiger partial charge in [0.05, 0.1) is 59.1 Å². The molecule has 19 heteroatoms. The number of methoxy groups -OCH3 is 2. The summed E-state index contributed by atoms with van der Waals surface area (Å²) < 4.78 is 47.1. The van der Waals surface area contributed by atoms with E-state index < -0.39 is 56.0 Å². The molecule has 70 heavy (non-hydrogen) atoms. The summed E-state index contributed by atoms with van der Waals surface area (Å²) in [6.45, 7) is 7.94. The first-order valence-electron chi connectivity index (χ1n) is 22.8. The van der Waals surface area contributed by atoms with Gasteiger partial charge >= 0.3 is 20.5 Å². The van der Waals surface area contributed by atoms with E-state index >= 15 is 0 Å². The number of H-pyrrole nitrogens is 1. The second-order valence-electron chi connectivity index (χ2n) is 16.8. The molecule has 2 N–H and O–H groups in total. The van der Waals surface area contributed by atoms with Crippen molar-refractivity contribution >= 4 is 43.5 Å². The van der Waals surface area contributed by atoms with Crippen molar-refractivity contribution in [1.29, 1.82) is 5.26 Å². The van der Waals surface area contributed by atoms with Crippen LogP contribution in [0.15, 0.2) is 120 Å². The van der Waals surface area contributed by atoms with E-state index in [-0.39, 0.29) is 68.1 Å². The standard InChI is InChI=1S/C51H56N7O11P/c1-33(2)58(34(3)4)70(66-29-13-28-52)69-44(60)27-26-43(59)67-41-30-42(57-32-53-45-47(57)54-50(56-49(45)62)55-48(61)36-16-11-8-12-17-36)68-46(41)51(37-18-22-39(63-5)23-19-37,38-20-24-40(64-6)25-21-38)65-31-35-14-9-7-10-15-35/h7-12,14-25,32-34,41-42,46H,13,26-27,29-31H2,1-6H3,(H2,54,55,56,61,62)/t41-,42-,46+,70?/m0/s1. The lowest BCUT2D eigenvalue weighted by molar-refractivity contribution is -0.178. The van der Waals surface area contributed by atoms with Crippen molar-refractivity contribution in [3.8, 4) is 17.6 Å². The molecule has 6 aromatic rings. The van der Waals surface area contributed by atoms with E-state index in [1.54, 1.807) is 73.4 Å². The highest BCUT2D eigenvalue weighted by molar-refractivity contribution is 7.45. The zero-order chi connectivity index (χ0) is 49.8. The number of nitrogens with zero attached hydrogens (tertiary/aromatic N) is 5. The summed E-state index contributed by atoms with van der Waals surface area (Å²) in [5, 5.41) is 11.8.